The lowest BCUT2D eigenvalue weighted by Crippen LogP contribution is -2.57. The van der Waals surface area contributed by atoms with Gasteiger partial charge in [0.1, 0.15) is 5.75 Å². The molecule has 0 aliphatic carbocycles. The van der Waals surface area contributed by atoms with Crippen LogP contribution >= 0.6 is 0 Å². The van der Waals surface area contributed by atoms with Crippen molar-refractivity contribution in [3.8, 4) is 5.75 Å². The average molecular weight is 371 g/mol. The Kier molecular flexibility index (Phi) is 5.46. The predicted octanol–water partition coefficient (Wildman–Crippen LogP) is 1.41. The summed E-state index contributed by atoms with van der Waals surface area (Å²) in [7, 11) is 3.41. The number of hydrogen-bond donors (Lipinski definition) is 1. The van der Waals surface area contributed by atoms with Gasteiger partial charge in [-0.05, 0) is 26.0 Å². The van der Waals surface area contributed by atoms with Gasteiger partial charge in [-0.15, -0.1) is 0 Å². The van der Waals surface area contributed by atoms with Crippen LogP contribution in [0.1, 0.15) is 12.6 Å². The highest BCUT2D eigenvalue weighted by molar-refractivity contribution is 5.99. The van der Waals surface area contributed by atoms with Gasteiger partial charge in [0.05, 0.1) is 25.4 Å². The first kappa shape index (κ1) is 18.9. The van der Waals surface area contributed by atoms with Crippen LogP contribution in [0.5, 0.6) is 5.75 Å². The summed E-state index contributed by atoms with van der Waals surface area (Å²) in [6.45, 7) is 4.98. The Bertz CT molecular complexity index is 828. The van der Waals surface area contributed by atoms with E-state index in [1.54, 1.807) is 16.7 Å². The Balaban J connectivity index is 1.65. The molecule has 1 atom stereocenters. The van der Waals surface area contributed by atoms with Gasteiger partial charge in [-0.3, -0.25) is 19.2 Å². The zero-order valence-corrected chi connectivity index (χ0v) is 16.1. The van der Waals surface area contributed by atoms with Crippen LogP contribution in [0.15, 0.2) is 30.3 Å². The molecular weight excluding hydrogens is 346 g/mol. The molecule has 0 radical (unpaired) electrons. The maximum atomic E-state index is 12.9. The molecule has 1 aromatic heterocycles. The maximum Gasteiger partial charge on any atom is 0.244 e. The SMILES string of the molecule is COc1ccccc1N1CCN(CC(=O)Nc2cc(C)n(C)n2)[C@H](C)C1=O. The first-order valence-electron chi connectivity index (χ1n) is 8.89. The monoisotopic (exact) mass is 371 g/mol. The third kappa shape index (κ3) is 3.95. The zero-order valence-electron chi connectivity index (χ0n) is 16.1. The second kappa shape index (κ2) is 7.79. The highest BCUT2D eigenvalue weighted by Gasteiger charge is 2.34. The molecule has 2 amide bonds. The fourth-order valence-electron chi connectivity index (χ4n) is 3.21. The van der Waals surface area contributed by atoms with Crippen molar-refractivity contribution in [2.45, 2.75) is 19.9 Å². The molecule has 2 heterocycles. The van der Waals surface area contributed by atoms with Crippen molar-refractivity contribution in [3.05, 3.63) is 36.0 Å². The van der Waals surface area contributed by atoms with E-state index in [2.05, 4.69) is 10.4 Å². The lowest BCUT2D eigenvalue weighted by molar-refractivity contribution is -0.127. The van der Waals surface area contributed by atoms with Crippen LogP contribution < -0.4 is 15.0 Å². The van der Waals surface area contributed by atoms with E-state index in [1.807, 2.05) is 56.1 Å². The summed E-state index contributed by atoms with van der Waals surface area (Å²) in [6.07, 6.45) is 0. The highest BCUT2D eigenvalue weighted by atomic mass is 16.5. The molecule has 1 aliphatic rings. The van der Waals surface area contributed by atoms with Crippen molar-refractivity contribution in [3.63, 3.8) is 0 Å². The number of nitrogens with zero attached hydrogens (tertiary/aromatic N) is 4. The van der Waals surface area contributed by atoms with Crippen molar-refractivity contribution >= 4 is 23.3 Å². The Morgan fingerprint density at radius 2 is 2.07 bits per heavy atom. The maximum absolute atomic E-state index is 12.9. The number of aromatic nitrogens is 2. The minimum absolute atomic E-state index is 0.0489. The summed E-state index contributed by atoms with van der Waals surface area (Å²) in [6, 6.07) is 8.86. The van der Waals surface area contributed by atoms with Crippen LogP contribution in [0.3, 0.4) is 0 Å². The molecular formula is C19H25N5O3. The smallest absolute Gasteiger partial charge is 0.244 e. The fourth-order valence-corrected chi connectivity index (χ4v) is 3.21. The summed E-state index contributed by atoms with van der Waals surface area (Å²) in [5.41, 5.74) is 1.71. The average Bonchev–Trinajstić information content (AvgIpc) is 2.96. The minimum Gasteiger partial charge on any atom is -0.495 e. The van der Waals surface area contributed by atoms with Gasteiger partial charge in [0, 0.05) is 31.9 Å². The zero-order chi connectivity index (χ0) is 19.6. The van der Waals surface area contributed by atoms with Gasteiger partial charge in [-0.2, -0.15) is 5.10 Å². The molecule has 2 aromatic rings. The van der Waals surface area contributed by atoms with Crippen LogP contribution in [0, 0.1) is 6.92 Å². The van der Waals surface area contributed by atoms with Crippen molar-refractivity contribution in [1.82, 2.24) is 14.7 Å². The quantitative estimate of drug-likeness (QED) is 0.860. The summed E-state index contributed by atoms with van der Waals surface area (Å²) >= 11 is 0. The van der Waals surface area contributed by atoms with E-state index in [-0.39, 0.29) is 18.4 Å². The van der Waals surface area contributed by atoms with Crippen molar-refractivity contribution < 1.29 is 14.3 Å². The summed E-state index contributed by atoms with van der Waals surface area (Å²) in [5.74, 6) is 0.951. The number of para-hydroxylation sites is 2. The van der Waals surface area contributed by atoms with Crippen LogP contribution in [-0.2, 0) is 16.6 Å². The standard InChI is InChI=1S/C19H25N5O3/c1-13-11-17(21-22(13)3)20-18(25)12-23-9-10-24(19(26)14(23)2)15-7-5-6-8-16(15)27-4/h5-8,11,14H,9-10,12H2,1-4H3,(H,20,21,25)/t14-/m1/s1. The van der Waals surface area contributed by atoms with E-state index in [0.717, 1.165) is 11.4 Å². The summed E-state index contributed by atoms with van der Waals surface area (Å²) in [4.78, 5) is 28.8. The van der Waals surface area contributed by atoms with Crippen LogP contribution in [0.2, 0.25) is 0 Å². The van der Waals surface area contributed by atoms with Gasteiger partial charge >= 0.3 is 0 Å². The second-order valence-electron chi connectivity index (χ2n) is 6.65. The minimum atomic E-state index is -0.403. The van der Waals surface area contributed by atoms with Gasteiger partial charge in [0.2, 0.25) is 11.8 Å². The topological polar surface area (TPSA) is 79.7 Å². The molecule has 144 valence electrons. The normalized spacial score (nSPS) is 17.9. The number of hydrogen-bond acceptors (Lipinski definition) is 5. The number of carbonyl (C=O) groups is 2. The Labute approximate surface area is 158 Å². The van der Waals surface area contributed by atoms with Gasteiger partial charge in [0.25, 0.3) is 0 Å². The van der Waals surface area contributed by atoms with Crippen LogP contribution in [-0.4, -0.2) is 59.3 Å². The number of carbonyl (C=O) groups excluding carboxylic acids is 2. The molecule has 0 unspecified atom stereocenters. The van der Waals surface area contributed by atoms with E-state index >= 15 is 0 Å². The van der Waals surface area contributed by atoms with E-state index < -0.39 is 6.04 Å². The van der Waals surface area contributed by atoms with Crippen LogP contribution in [0.25, 0.3) is 0 Å². The number of aryl methyl sites for hydroxylation is 2. The van der Waals surface area contributed by atoms with Gasteiger partial charge in [-0.1, -0.05) is 12.1 Å². The Hall–Kier alpha value is -2.87. The van der Waals surface area contributed by atoms with E-state index in [0.29, 0.717) is 24.7 Å². The molecule has 0 bridgehead atoms. The molecule has 1 aliphatic heterocycles. The number of methoxy groups -OCH3 is 1. The van der Waals surface area contributed by atoms with E-state index in [4.69, 9.17) is 4.74 Å². The molecule has 27 heavy (non-hydrogen) atoms. The van der Waals surface area contributed by atoms with Gasteiger partial charge < -0.3 is 15.0 Å². The first-order chi connectivity index (χ1) is 12.9. The lowest BCUT2D eigenvalue weighted by atomic mass is 10.1. The highest BCUT2D eigenvalue weighted by Crippen LogP contribution is 2.30. The molecule has 0 spiro atoms. The van der Waals surface area contributed by atoms with Crippen molar-refractivity contribution in [2.75, 3.05) is 37.0 Å². The number of amides is 2. The molecule has 1 fully saturated rings. The first-order valence-corrected chi connectivity index (χ1v) is 8.89. The molecule has 0 saturated carbocycles. The van der Waals surface area contributed by atoms with E-state index in [9.17, 15) is 9.59 Å². The largest absolute Gasteiger partial charge is 0.495 e. The van der Waals surface area contributed by atoms with Crippen molar-refractivity contribution in [2.24, 2.45) is 7.05 Å². The second-order valence-corrected chi connectivity index (χ2v) is 6.65. The summed E-state index contributed by atoms with van der Waals surface area (Å²) < 4.78 is 7.07. The van der Waals surface area contributed by atoms with E-state index in [1.165, 1.54) is 0 Å². The molecule has 1 saturated heterocycles. The van der Waals surface area contributed by atoms with Crippen LogP contribution in [0.4, 0.5) is 11.5 Å². The molecule has 3 rings (SSSR count). The molecule has 8 heteroatoms. The summed E-state index contributed by atoms with van der Waals surface area (Å²) in [5, 5.41) is 7.02. The van der Waals surface area contributed by atoms with Crippen molar-refractivity contribution in [1.29, 1.82) is 0 Å². The Morgan fingerprint density at radius 1 is 1.33 bits per heavy atom. The number of benzene rings is 1. The number of nitrogens with one attached hydrogen (secondary N) is 1. The number of ether oxygens (including phenoxy) is 1. The molecule has 1 N–H and O–H groups in total. The van der Waals surface area contributed by atoms with Gasteiger partial charge in [-0.25, -0.2) is 0 Å². The number of anilines is 2. The lowest BCUT2D eigenvalue weighted by Gasteiger charge is -2.39. The molecule has 8 nitrogen and oxygen atoms in total. The number of rotatable bonds is 5. The molecule has 1 aromatic carbocycles. The third-order valence-electron chi connectivity index (χ3n) is 4.89. The Morgan fingerprint density at radius 3 is 2.74 bits per heavy atom. The van der Waals surface area contributed by atoms with Gasteiger partial charge in [0.15, 0.2) is 5.82 Å². The third-order valence-corrected chi connectivity index (χ3v) is 4.89. The predicted molar refractivity (Wildman–Crippen MR) is 103 cm³/mol. The fraction of sp³-hybridized carbons (Fsp3) is 0.421. The number of piperazine rings is 1.